The third-order valence-electron chi connectivity index (χ3n) is 4.60. The second kappa shape index (κ2) is 15.4. The van der Waals surface area contributed by atoms with Gasteiger partial charge in [0.1, 0.15) is 0 Å². The van der Waals surface area contributed by atoms with Crippen molar-refractivity contribution in [1.82, 2.24) is 15.5 Å². The molecule has 7 heteroatoms. The van der Waals surface area contributed by atoms with Gasteiger partial charge >= 0.3 is 0 Å². The Bertz CT molecular complexity index is 675. The highest BCUT2D eigenvalue weighted by Crippen LogP contribution is 2.19. The summed E-state index contributed by atoms with van der Waals surface area (Å²) in [4.78, 5) is 25.9. The number of piperidine rings is 1. The van der Waals surface area contributed by atoms with Crippen molar-refractivity contribution in [2.24, 2.45) is 0 Å². The second-order valence-corrected chi connectivity index (χ2v) is 11.4. The highest BCUT2D eigenvalue weighted by Gasteiger charge is 2.31. The van der Waals surface area contributed by atoms with Crippen molar-refractivity contribution in [3.8, 4) is 0 Å². The molecule has 0 radical (unpaired) electrons. The number of rotatable bonds is 8. The summed E-state index contributed by atoms with van der Waals surface area (Å²) in [7, 11) is 0. The fourth-order valence-electron chi connectivity index (χ4n) is 3.25. The third kappa shape index (κ3) is 15.8. The van der Waals surface area contributed by atoms with Crippen LogP contribution in [0.4, 0.5) is 0 Å². The number of hydrogen-bond donors (Lipinski definition) is 3. The van der Waals surface area contributed by atoms with E-state index in [4.69, 9.17) is 0 Å². The zero-order valence-electron chi connectivity index (χ0n) is 22.0. The number of allylic oxidation sites excluding steroid dienone is 3. The molecule has 190 valence electrons. The van der Waals surface area contributed by atoms with Crippen LogP contribution >= 0.6 is 11.8 Å². The summed E-state index contributed by atoms with van der Waals surface area (Å²) in [5, 5.41) is 15.8. The first kappa shape index (κ1) is 31.4. The number of nitrogens with one attached hydrogen (secondary N) is 2. The van der Waals surface area contributed by atoms with Gasteiger partial charge in [-0.05, 0) is 74.1 Å². The predicted molar refractivity (Wildman–Crippen MR) is 142 cm³/mol. The molecule has 2 amide bonds. The van der Waals surface area contributed by atoms with Crippen LogP contribution in [0.15, 0.2) is 36.5 Å². The van der Waals surface area contributed by atoms with E-state index in [9.17, 15) is 14.7 Å². The van der Waals surface area contributed by atoms with Gasteiger partial charge in [0.25, 0.3) is 5.91 Å². The molecule has 1 saturated heterocycles. The first-order chi connectivity index (χ1) is 15.2. The summed E-state index contributed by atoms with van der Waals surface area (Å²) in [5.41, 5.74) is 0.0602. The van der Waals surface area contributed by atoms with Crippen molar-refractivity contribution in [3.63, 3.8) is 0 Å². The molecule has 3 N–H and O–H groups in total. The van der Waals surface area contributed by atoms with Crippen molar-refractivity contribution in [2.75, 3.05) is 25.1 Å². The van der Waals surface area contributed by atoms with E-state index in [-0.39, 0.29) is 35.0 Å². The topological polar surface area (TPSA) is 81.7 Å². The second-order valence-electron chi connectivity index (χ2n) is 10.5. The van der Waals surface area contributed by atoms with Gasteiger partial charge in [-0.15, -0.1) is 0 Å². The van der Waals surface area contributed by atoms with Crippen LogP contribution in [0.3, 0.4) is 0 Å². The van der Waals surface area contributed by atoms with E-state index >= 15 is 0 Å². The van der Waals surface area contributed by atoms with Crippen LogP contribution in [0.25, 0.3) is 0 Å². The molecule has 1 aliphatic heterocycles. The molecule has 2 unspecified atom stereocenters. The molecule has 1 fully saturated rings. The number of carbonyl (C=O) groups excluding carboxylic acids is 2. The molecule has 2 atom stereocenters. The molecular weight excluding hydrogens is 434 g/mol. The Morgan fingerprint density at radius 2 is 1.73 bits per heavy atom. The molecule has 33 heavy (non-hydrogen) atoms. The fraction of sp³-hybridized carbons (Fsp3) is 0.692. The highest BCUT2D eigenvalue weighted by atomic mass is 32.2. The van der Waals surface area contributed by atoms with E-state index in [0.717, 1.165) is 31.6 Å². The number of amides is 2. The van der Waals surface area contributed by atoms with E-state index in [1.807, 2.05) is 66.9 Å². The Labute approximate surface area is 206 Å². The molecule has 1 aliphatic rings. The number of likely N-dealkylation sites (tertiary alicyclic amines) is 1. The smallest absolute Gasteiger partial charge is 0.251 e. The minimum atomic E-state index is -0.349. The third-order valence-corrected chi connectivity index (χ3v) is 5.32. The van der Waals surface area contributed by atoms with E-state index in [1.54, 1.807) is 23.9 Å². The molecule has 0 bridgehead atoms. The lowest BCUT2D eigenvalue weighted by atomic mass is 9.99. The molecule has 0 aromatic carbocycles. The molecule has 6 nitrogen and oxygen atoms in total. The lowest BCUT2D eigenvalue weighted by Crippen LogP contribution is -2.55. The Morgan fingerprint density at radius 3 is 2.24 bits per heavy atom. The molecule has 0 saturated carbocycles. The Morgan fingerprint density at radius 1 is 1.12 bits per heavy atom. The zero-order chi connectivity index (χ0) is 25.7. The number of thioether (sulfide) groups is 1. The van der Waals surface area contributed by atoms with E-state index < -0.39 is 0 Å². The number of hydrogen-bond acceptors (Lipinski definition) is 5. The first-order valence-electron chi connectivity index (χ1n) is 11.7. The number of carbonyl (C=O) groups is 2. The number of β-amino-alcohol motifs (C(OH)–C–C–N with tert-alkyl or cyclic N) is 1. The van der Waals surface area contributed by atoms with Crippen LogP contribution in [0.2, 0.25) is 0 Å². The summed E-state index contributed by atoms with van der Waals surface area (Å²) in [6, 6.07) is -0.0792. The molecule has 0 aromatic heterocycles. The summed E-state index contributed by atoms with van der Waals surface area (Å²) in [6.45, 7) is 18.9. The van der Waals surface area contributed by atoms with Crippen molar-refractivity contribution in [1.29, 1.82) is 0 Å². The largest absolute Gasteiger partial charge is 0.391 e. The molecule has 1 rings (SSSR count). The number of nitrogens with zero attached hydrogens (tertiary/aromatic N) is 1. The summed E-state index contributed by atoms with van der Waals surface area (Å²) < 4.78 is 0. The Balaban J connectivity index is 0.000000653. The quantitative estimate of drug-likeness (QED) is 0.360. The van der Waals surface area contributed by atoms with Gasteiger partial charge in [0.05, 0.1) is 12.1 Å². The van der Waals surface area contributed by atoms with Crippen molar-refractivity contribution in [3.05, 3.63) is 36.5 Å². The van der Waals surface area contributed by atoms with Crippen LogP contribution in [0, 0.1) is 0 Å². The molecule has 1 heterocycles. The Kier molecular flexibility index (Phi) is 14.6. The summed E-state index contributed by atoms with van der Waals surface area (Å²) in [5.74, 6) is 0.700. The molecule has 0 spiro atoms. The van der Waals surface area contributed by atoms with Gasteiger partial charge in [-0.25, -0.2) is 0 Å². The molecule has 0 aromatic rings. The van der Waals surface area contributed by atoms with Crippen LogP contribution in [0.5, 0.6) is 0 Å². The van der Waals surface area contributed by atoms with Crippen LogP contribution in [0.1, 0.15) is 67.7 Å². The van der Waals surface area contributed by atoms with E-state index in [1.165, 1.54) is 0 Å². The van der Waals surface area contributed by atoms with Crippen LogP contribution in [-0.2, 0) is 9.59 Å². The monoisotopic (exact) mass is 481 g/mol. The van der Waals surface area contributed by atoms with Crippen LogP contribution in [-0.4, -0.2) is 70.1 Å². The maximum Gasteiger partial charge on any atom is 0.251 e. The van der Waals surface area contributed by atoms with Gasteiger partial charge in [-0.1, -0.05) is 37.3 Å². The Hall–Kier alpha value is -1.57. The molecular formula is C26H47N3O3S. The first-order valence-corrected chi connectivity index (χ1v) is 13.1. The van der Waals surface area contributed by atoms with E-state index in [0.29, 0.717) is 12.1 Å². The van der Waals surface area contributed by atoms with Gasteiger partial charge in [0.15, 0.2) is 0 Å². The van der Waals surface area contributed by atoms with Crippen molar-refractivity contribution >= 4 is 23.6 Å². The summed E-state index contributed by atoms with van der Waals surface area (Å²) >= 11 is 1.64. The fourth-order valence-corrected chi connectivity index (χ4v) is 3.74. The van der Waals surface area contributed by atoms with Crippen molar-refractivity contribution in [2.45, 2.75) is 91.0 Å². The minimum absolute atomic E-state index is 0.0792. The average Bonchev–Trinajstić information content (AvgIpc) is 2.66. The summed E-state index contributed by atoms with van der Waals surface area (Å²) in [6.07, 6.45) is 12.0. The van der Waals surface area contributed by atoms with Gasteiger partial charge in [0.2, 0.25) is 5.91 Å². The van der Waals surface area contributed by atoms with Gasteiger partial charge in [-0.3, -0.25) is 14.5 Å². The molecule has 0 aliphatic carbocycles. The minimum Gasteiger partial charge on any atom is -0.391 e. The standard InChI is InChI=1S/C14H28N2O2S.C12H19NO/c1-14(2,3)15-13(18)12-7-5-6-8-16(12)9-11(17)10-19-4;1-6-7-8-9-10(2)11(14)13-12(3,4)5/h11-12,17H,5-10H2,1-4H3,(H,15,18);6-9H,2H2,1,3-5H3,(H,13,14)/b;7-6-,9-8-. The normalized spacial score (nSPS) is 18.5. The lowest BCUT2D eigenvalue weighted by Gasteiger charge is -2.37. The van der Waals surface area contributed by atoms with Gasteiger partial charge < -0.3 is 15.7 Å². The predicted octanol–water partition coefficient (Wildman–Crippen LogP) is 4.07. The maximum absolute atomic E-state index is 12.3. The SMILES string of the molecule is C=C(/C=C\C=C/C)C(=O)NC(C)(C)C.CSCC(O)CN1CCCCC1C(=O)NC(C)(C)C. The van der Waals surface area contributed by atoms with Crippen LogP contribution < -0.4 is 10.6 Å². The number of aliphatic hydroxyl groups is 1. The zero-order valence-corrected chi connectivity index (χ0v) is 22.8. The van der Waals surface area contributed by atoms with E-state index in [2.05, 4.69) is 22.1 Å². The highest BCUT2D eigenvalue weighted by molar-refractivity contribution is 7.98. The van der Waals surface area contributed by atoms with Gasteiger partial charge in [-0.2, -0.15) is 11.8 Å². The average molecular weight is 482 g/mol. The maximum atomic E-state index is 12.3. The lowest BCUT2D eigenvalue weighted by molar-refractivity contribution is -0.129. The van der Waals surface area contributed by atoms with Crippen molar-refractivity contribution < 1.29 is 14.7 Å². The number of aliphatic hydroxyl groups excluding tert-OH is 1. The van der Waals surface area contributed by atoms with Gasteiger partial charge in [0, 0.05) is 28.9 Å².